The zero-order valence-electron chi connectivity index (χ0n) is 14.3. The van der Waals surface area contributed by atoms with E-state index in [-0.39, 0.29) is 0 Å². The molecule has 0 saturated carbocycles. The second-order valence-corrected chi connectivity index (χ2v) is 10.0. The Morgan fingerprint density at radius 2 is 1.56 bits per heavy atom. The lowest BCUT2D eigenvalue weighted by Gasteiger charge is -1.96. The van der Waals surface area contributed by atoms with Crippen LogP contribution in [0.5, 0.6) is 0 Å². The predicted molar refractivity (Wildman–Crippen MR) is 118 cm³/mol. The summed E-state index contributed by atoms with van der Waals surface area (Å²) in [5.41, 5.74) is 0. The molecule has 0 atom stereocenters. The van der Waals surface area contributed by atoms with Gasteiger partial charge in [0.05, 0.1) is 9.40 Å². The first-order chi connectivity index (χ1) is 12.3. The maximum absolute atomic E-state index is 2.44. The van der Waals surface area contributed by atoms with E-state index < -0.39 is 0 Å². The molecule has 0 radical (unpaired) electrons. The van der Waals surface area contributed by atoms with E-state index in [1.54, 1.807) is 4.88 Å². The lowest BCUT2D eigenvalue weighted by Crippen LogP contribution is -1.80. The molecule has 25 heavy (non-hydrogen) atoms. The zero-order chi connectivity index (χ0) is 16.8. The molecule has 126 valence electrons. The van der Waals surface area contributed by atoms with Gasteiger partial charge in [0.15, 0.2) is 0 Å². The monoisotopic (exact) mass is 380 g/mol. The molecule has 5 aromatic rings. The summed E-state index contributed by atoms with van der Waals surface area (Å²) in [5, 5.41) is 4.30. The summed E-state index contributed by atoms with van der Waals surface area (Å²) in [4.78, 5) is 1.55. The van der Waals surface area contributed by atoms with Gasteiger partial charge in [0, 0.05) is 29.7 Å². The van der Waals surface area contributed by atoms with Gasteiger partial charge < -0.3 is 0 Å². The fourth-order valence-electron chi connectivity index (χ4n) is 3.64. The average molecular weight is 381 g/mol. The van der Waals surface area contributed by atoms with Gasteiger partial charge in [-0.1, -0.05) is 44.4 Å². The summed E-state index contributed by atoms with van der Waals surface area (Å²) in [6.45, 7) is 2.28. The van der Waals surface area contributed by atoms with Crippen molar-refractivity contribution in [3.8, 4) is 0 Å². The first-order valence-corrected chi connectivity index (χ1v) is 11.5. The van der Waals surface area contributed by atoms with E-state index in [0.29, 0.717) is 0 Å². The molecule has 0 bridgehead atoms. The molecular weight excluding hydrogens is 360 g/mol. The van der Waals surface area contributed by atoms with Gasteiger partial charge in [-0.2, -0.15) is 0 Å². The Balaban J connectivity index is 1.59. The van der Waals surface area contributed by atoms with Crippen molar-refractivity contribution in [1.29, 1.82) is 0 Å². The summed E-state index contributed by atoms with van der Waals surface area (Å²) < 4.78 is 7.24. The molecule has 0 aliphatic carbocycles. The first kappa shape index (κ1) is 15.8. The predicted octanol–water partition coefficient (Wildman–Crippen LogP) is 8.61. The molecule has 0 fully saturated rings. The smallest absolute Gasteiger partial charge is 0.0542 e. The van der Waals surface area contributed by atoms with Crippen molar-refractivity contribution in [2.24, 2.45) is 0 Å². The molecule has 3 heterocycles. The first-order valence-electron chi connectivity index (χ1n) is 9.09. The molecule has 2 aromatic carbocycles. The second kappa shape index (κ2) is 6.39. The molecule has 3 heteroatoms. The van der Waals surface area contributed by atoms with Crippen molar-refractivity contribution in [3.63, 3.8) is 0 Å². The Kier molecular flexibility index (Phi) is 4.04. The summed E-state index contributed by atoms with van der Waals surface area (Å²) >= 11 is 5.91. The SMILES string of the molecule is CCCCCCc1cc2cc3sc4c5ccccc5sc4c3cc2s1. The van der Waals surface area contributed by atoms with Crippen LogP contribution in [0.4, 0.5) is 0 Å². The molecule has 0 saturated heterocycles. The van der Waals surface area contributed by atoms with E-state index in [2.05, 4.69) is 49.4 Å². The van der Waals surface area contributed by atoms with Gasteiger partial charge in [-0.25, -0.2) is 0 Å². The molecule has 0 spiro atoms. The van der Waals surface area contributed by atoms with E-state index in [9.17, 15) is 0 Å². The Morgan fingerprint density at radius 1 is 0.720 bits per heavy atom. The number of benzene rings is 2. The Labute approximate surface area is 159 Å². The molecule has 0 nitrogen and oxygen atoms in total. The number of unbranched alkanes of at least 4 members (excludes halogenated alkanes) is 3. The maximum atomic E-state index is 2.44. The minimum atomic E-state index is 1.24. The molecule has 3 aromatic heterocycles. The van der Waals surface area contributed by atoms with Crippen LogP contribution in [0.1, 0.15) is 37.5 Å². The Bertz CT molecular complexity index is 1190. The third kappa shape index (κ3) is 2.69. The maximum Gasteiger partial charge on any atom is 0.0542 e. The molecule has 0 aliphatic rings. The van der Waals surface area contributed by atoms with Gasteiger partial charge >= 0.3 is 0 Å². The highest BCUT2D eigenvalue weighted by Crippen LogP contribution is 2.45. The number of fused-ring (bicyclic) bond motifs is 6. The summed E-state index contributed by atoms with van der Waals surface area (Å²) in [5.74, 6) is 0. The van der Waals surface area contributed by atoms with Crippen molar-refractivity contribution in [2.45, 2.75) is 39.0 Å². The minimum Gasteiger partial charge on any atom is -0.140 e. The lowest BCUT2D eigenvalue weighted by molar-refractivity contribution is 0.670. The fourth-order valence-corrected chi connectivity index (χ4v) is 7.44. The average Bonchev–Trinajstić information content (AvgIpc) is 3.28. The number of hydrogen-bond donors (Lipinski definition) is 0. The summed E-state index contributed by atoms with van der Waals surface area (Å²) in [6, 6.07) is 16.1. The van der Waals surface area contributed by atoms with E-state index in [4.69, 9.17) is 0 Å². The van der Waals surface area contributed by atoms with E-state index in [1.807, 2.05) is 34.0 Å². The van der Waals surface area contributed by atoms with Crippen molar-refractivity contribution in [1.82, 2.24) is 0 Å². The van der Waals surface area contributed by atoms with Crippen LogP contribution < -0.4 is 0 Å². The number of aryl methyl sites for hydroxylation is 1. The molecular formula is C22H20S3. The zero-order valence-corrected chi connectivity index (χ0v) is 16.8. The quantitative estimate of drug-likeness (QED) is 0.268. The van der Waals surface area contributed by atoms with Gasteiger partial charge in [0.25, 0.3) is 0 Å². The van der Waals surface area contributed by atoms with Crippen LogP contribution in [-0.4, -0.2) is 0 Å². The molecule has 0 N–H and O–H groups in total. The van der Waals surface area contributed by atoms with Gasteiger partial charge in [0.1, 0.15) is 0 Å². The van der Waals surface area contributed by atoms with Gasteiger partial charge in [-0.15, -0.1) is 34.0 Å². The van der Waals surface area contributed by atoms with Crippen LogP contribution in [-0.2, 0) is 6.42 Å². The minimum absolute atomic E-state index is 1.24. The molecule has 0 unspecified atom stereocenters. The Hall–Kier alpha value is -1.42. The molecule has 0 aliphatic heterocycles. The fraction of sp³-hybridized carbons (Fsp3) is 0.273. The van der Waals surface area contributed by atoms with Crippen molar-refractivity contribution in [3.05, 3.63) is 47.3 Å². The highest BCUT2D eigenvalue weighted by Gasteiger charge is 2.13. The highest BCUT2D eigenvalue weighted by atomic mass is 32.1. The van der Waals surface area contributed by atoms with E-state index in [1.165, 1.54) is 71.8 Å². The van der Waals surface area contributed by atoms with Crippen LogP contribution in [0.3, 0.4) is 0 Å². The molecule has 5 rings (SSSR count). The van der Waals surface area contributed by atoms with Crippen LogP contribution >= 0.6 is 34.0 Å². The van der Waals surface area contributed by atoms with Crippen LogP contribution in [0.25, 0.3) is 39.7 Å². The van der Waals surface area contributed by atoms with Crippen molar-refractivity contribution in [2.75, 3.05) is 0 Å². The second-order valence-electron chi connectivity index (χ2n) is 6.77. The van der Waals surface area contributed by atoms with Crippen LogP contribution in [0.15, 0.2) is 42.5 Å². The lowest BCUT2D eigenvalue weighted by atomic mass is 10.1. The number of thiophene rings is 3. The normalized spacial score (nSPS) is 12.2. The van der Waals surface area contributed by atoms with Gasteiger partial charge in [0.2, 0.25) is 0 Å². The van der Waals surface area contributed by atoms with Gasteiger partial charge in [-0.05, 0) is 42.5 Å². The van der Waals surface area contributed by atoms with Gasteiger partial charge in [-0.3, -0.25) is 0 Å². The largest absolute Gasteiger partial charge is 0.140 e. The summed E-state index contributed by atoms with van der Waals surface area (Å²) in [6.07, 6.45) is 6.61. The topological polar surface area (TPSA) is 0 Å². The Morgan fingerprint density at radius 3 is 2.48 bits per heavy atom. The third-order valence-corrected chi connectivity index (χ3v) is 8.63. The van der Waals surface area contributed by atoms with E-state index >= 15 is 0 Å². The van der Waals surface area contributed by atoms with Crippen molar-refractivity contribution >= 4 is 73.7 Å². The number of hydrogen-bond acceptors (Lipinski definition) is 3. The molecule has 0 amide bonds. The van der Waals surface area contributed by atoms with E-state index in [0.717, 1.165) is 0 Å². The third-order valence-electron chi connectivity index (χ3n) is 4.95. The van der Waals surface area contributed by atoms with Crippen LogP contribution in [0.2, 0.25) is 0 Å². The standard InChI is InChI=1S/C22H20S3/c1-2-3-4-5-8-15-11-14-12-20-17(13-19(14)23-15)22-21(25-20)16-9-6-7-10-18(16)24-22/h6-7,9-13H,2-5,8H2,1H3. The summed E-state index contributed by atoms with van der Waals surface area (Å²) in [7, 11) is 0. The number of rotatable bonds is 5. The van der Waals surface area contributed by atoms with Crippen molar-refractivity contribution < 1.29 is 0 Å². The van der Waals surface area contributed by atoms with Crippen LogP contribution in [0, 0.1) is 0 Å². The highest BCUT2D eigenvalue weighted by molar-refractivity contribution is 7.36.